The van der Waals surface area contributed by atoms with Crippen LogP contribution in [0.3, 0.4) is 0 Å². The fourth-order valence-electron chi connectivity index (χ4n) is 1.63. The van der Waals surface area contributed by atoms with Crippen LogP contribution in [0, 0.1) is 0 Å². The van der Waals surface area contributed by atoms with Gasteiger partial charge in [-0.05, 0) is 5.56 Å². The van der Waals surface area contributed by atoms with Crippen LogP contribution in [0.15, 0.2) is 48.6 Å². The smallest absolute Gasteiger partial charge is 0.328 e. The van der Waals surface area contributed by atoms with Crippen LogP contribution in [-0.2, 0) is 14.3 Å². The Labute approximate surface area is 128 Å². The second kappa shape index (κ2) is 10.3. The zero-order valence-corrected chi connectivity index (χ0v) is 12.0. The summed E-state index contributed by atoms with van der Waals surface area (Å²) in [6.45, 7) is 2.70. The van der Waals surface area contributed by atoms with Crippen molar-refractivity contribution in [1.29, 1.82) is 0 Å². The van der Waals surface area contributed by atoms with Crippen LogP contribution in [0.4, 0.5) is 0 Å². The van der Waals surface area contributed by atoms with Gasteiger partial charge in [-0.2, -0.15) is 0 Å². The van der Waals surface area contributed by atoms with E-state index in [1.165, 1.54) is 5.56 Å². The molecule has 1 aromatic rings. The summed E-state index contributed by atoms with van der Waals surface area (Å²) in [5.74, 6) is -2.51. The molecule has 118 valence electrons. The van der Waals surface area contributed by atoms with E-state index in [1.54, 1.807) is 0 Å². The van der Waals surface area contributed by atoms with Crippen LogP contribution in [-0.4, -0.2) is 48.0 Å². The highest BCUT2D eigenvalue weighted by Gasteiger charge is 2.08. The van der Waals surface area contributed by atoms with Crippen LogP contribution in [0.1, 0.15) is 5.56 Å². The second-order valence-corrected chi connectivity index (χ2v) is 4.39. The van der Waals surface area contributed by atoms with E-state index in [1.807, 2.05) is 18.2 Å². The first-order valence-corrected chi connectivity index (χ1v) is 6.77. The van der Waals surface area contributed by atoms with Gasteiger partial charge in [0.05, 0.1) is 12.7 Å². The molecule has 22 heavy (non-hydrogen) atoms. The monoisotopic (exact) mass is 305 g/mol. The van der Waals surface area contributed by atoms with E-state index in [0.717, 1.165) is 19.7 Å². The molecule has 1 aliphatic heterocycles. The molecule has 0 aromatic heterocycles. The lowest BCUT2D eigenvalue weighted by atomic mass is 10.2. The minimum absolute atomic E-state index is 0.226. The van der Waals surface area contributed by atoms with E-state index in [2.05, 4.69) is 29.6 Å². The largest absolute Gasteiger partial charge is 0.478 e. The summed E-state index contributed by atoms with van der Waals surface area (Å²) in [4.78, 5) is 19.1. The molecule has 0 bridgehead atoms. The van der Waals surface area contributed by atoms with Gasteiger partial charge in [-0.15, -0.1) is 0 Å². The van der Waals surface area contributed by atoms with Gasteiger partial charge in [-0.3, -0.25) is 0 Å². The van der Waals surface area contributed by atoms with Crippen molar-refractivity contribution in [3.63, 3.8) is 0 Å². The molecule has 0 radical (unpaired) electrons. The summed E-state index contributed by atoms with van der Waals surface area (Å²) in [7, 11) is 0. The Kier molecular flexibility index (Phi) is 8.25. The first-order chi connectivity index (χ1) is 10.6. The van der Waals surface area contributed by atoms with Gasteiger partial charge in [0.25, 0.3) is 0 Å². The molecule has 1 saturated heterocycles. The van der Waals surface area contributed by atoms with Crippen molar-refractivity contribution < 1.29 is 24.5 Å². The van der Waals surface area contributed by atoms with Crippen molar-refractivity contribution >= 4 is 18.0 Å². The Hall–Kier alpha value is -2.44. The van der Waals surface area contributed by atoms with Crippen molar-refractivity contribution in [3.05, 3.63) is 54.1 Å². The third-order valence-electron chi connectivity index (χ3n) is 2.63. The number of carboxylic acid groups (broad SMARTS) is 2. The molecule has 2 rings (SSSR count). The summed E-state index contributed by atoms with van der Waals surface area (Å²) in [6, 6.07) is 10.3. The molecule has 0 saturated carbocycles. The molecule has 6 heteroatoms. The highest BCUT2D eigenvalue weighted by molar-refractivity contribution is 5.89. The lowest BCUT2D eigenvalue weighted by Gasteiger charge is -2.20. The first-order valence-electron chi connectivity index (χ1n) is 6.77. The number of ether oxygens (including phenoxy) is 1. The van der Waals surface area contributed by atoms with E-state index in [0.29, 0.717) is 12.2 Å². The van der Waals surface area contributed by atoms with E-state index < -0.39 is 11.9 Å². The van der Waals surface area contributed by atoms with E-state index in [-0.39, 0.29) is 6.10 Å². The van der Waals surface area contributed by atoms with Crippen LogP contribution in [0.25, 0.3) is 6.08 Å². The van der Waals surface area contributed by atoms with Crippen molar-refractivity contribution in [2.24, 2.45) is 0 Å². The quantitative estimate of drug-likeness (QED) is 0.728. The minimum atomic E-state index is -1.26. The first kappa shape index (κ1) is 17.6. The summed E-state index contributed by atoms with van der Waals surface area (Å²) < 4.78 is 5.55. The molecule has 1 aliphatic rings. The number of aliphatic carboxylic acids is 2. The Morgan fingerprint density at radius 2 is 1.77 bits per heavy atom. The average Bonchev–Trinajstić information content (AvgIpc) is 2.54. The predicted octanol–water partition coefficient (Wildman–Crippen LogP) is 1.40. The van der Waals surface area contributed by atoms with E-state index in [4.69, 9.17) is 14.9 Å². The number of hydrogen-bond donors (Lipinski definition) is 3. The summed E-state index contributed by atoms with van der Waals surface area (Å²) in [5.41, 5.74) is 1.22. The Morgan fingerprint density at radius 3 is 2.27 bits per heavy atom. The zero-order chi connectivity index (χ0) is 16.2. The van der Waals surface area contributed by atoms with Crippen LogP contribution in [0.2, 0.25) is 0 Å². The van der Waals surface area contributed by atoms with Gasteiger partial charge in [0.1, 0.15) is 0 Å². The normalized spacial score (nSPS) is 17.9. The van der Waals surface area contributed by atoms with Crippen molar-refractivity contribution in [3.8, 4) is 0 Å². The molecular weight excluding hydrogens is 286 g/mol. The zero-order valence-electron chi connectivity index (χ0n) is 12.0. The third-order valence-corrected chi connectivity index (χ3v) is 2.63. The average molecular weight is 305 g/mol. The third kappa shape index (κ3) is 8.68. The molecule has 0 aliphatic carbocycles. The van der Waals surface area contributed by atoms with Crippen molar-refractivity contribution in [2.75, 3.05) is 19.7 Å². The molecule has 1 aromatic carbocycles. The van der Waals surface area contributed by atoms with Crippen molar-refractivity contribution in [2.45, 2.75) is 6.10 Å². The van der Waals surface area contributed by atoms with Crippen molar-refractivity contribution in [1.82, 2.24) is 5.32 Å². The number of rotatable bonds is 4. The van der Waals surface area contributed by atoms with Crippen LogP contribution < -0.4 is 5.32 Å². The molecule has 1 heterocycles. The molecular formula is C16H19NO5. The maximum absolute atomic E-state index is 9.55. The second-order valence-electron chi connectivity index (χ2n) is 4.39. The number of carboxylic acids is 2. The number of nitrogens with one attached hydrogen (secondary N) is 1. The van der Waals surface area contributed by atoms with Gasteiger partial charge < -0.3 is 20.3 Å². The van der Waals surface area contributed by atoms with E-state index in [9.17, 15) is 9.59 Å². The summed E-state index contributed by atoms with van der Waals surface area (Å²) >= 11 is 0. The van der Waals surface area contributed by atoms with Crippen LogP contribution in [0.5, 0.6) is 0 Å². The Morgan fingerprint density at radius 1 is 1.14 bits per heavy atom. The molecule has 1 unspecified atom stereocenters. The van der Waals surface area contributed by atoms with Gasteiger partial charge in [0, 0.05) is 25.2 Å². The van der Waals surface area contributed by atoms with Gasteiger partial charge in [0.15, 0.2) is 0 Å². The maximum Gasteiger partial charge on any atom is 0.328 e. The van der Waals surface area contributed by atoms with Gasteiger partial charge in [0.2, 0.25) is 0 Å². The van der Waals surface area contributed by atoms with Gasteiger partial charge in [-0.1, -0.05) is 42.5 Å². The Balaban J connectivity index is 0.000000261. The number of hydrogen-bond acceptors (Lipinski definition) is 4. The topological polar surface area (TPSA) is 95.9 Å². The molecule has 1 fully saturated rings. The lowest BCUT2D eigenvalue weighted by Crippen LogP contribution is -2.37. The summed E-state index contributed by atoms with van der Waals surface area (Å²) in [6.07, 6.45) is 5.56. The fourth-order valence-corrected chi connectivity index (χ4v) is 1.63. The SMILES string of the molecule is C(=C\C1CNCCO1)/c1ccccc1.O=C(O)/C=C\C(=O)O. The molecule has 0 amide bonds. The molecule has 1 atom stereocenters. The number of morpholine rings is 1. The molecule has 0 spiro atoms. The standard InChI is InChI=1S/C12H15NO.C4H4O4/c1-2-4-11(5-3-1)6-7-12-10-13-8-9-14-12;5-3(6)1-2-4(7)8/h1-7,12-13H,8-10H2;1-2H,(H,5,6)(H,7,8)/b7-6+;2-1-. The maximum atomic E-state index is 9.55. The summed E-state index contributed by atoms with van der Waals surface area (Å²) in [5, 5.41) is 18.9. The lowest BCUT2D eigenvalue weighted by molar-refractivity contribution is -0.134. The highest BCUT2D eigenvalue weighted by Crippen LogP contribution is 2.04. The Bertz CT molecular complexity index is 503. The van der Waals surface area contributed by atoms with E-state index >= 15 is 0 Å². The van der Waals surface area contributed by atoms with Crippen LogP contribution >= 0.6 is 0 Å². The van der Waals surface area contributed by atoms with Gasteiger partial charge in [-0.25, -0.2) is 9.59 Å². The minimum Gasteiger partial charge on any atom is -0.478 e. The van der Waals surface area contributed by atoms with Gasteiger partial charge >= 0.3 is 11.9 Å². The number of carbonyl (C=O) groups is 2. The number of benzene rings is 1. The molecule has 3 N–H and O–H groups in total. The fraction of sp³-hybridized carbons (Fsp3) is 0.250. The molecule has 6 nitrogen and oxygen atoms in total. The highest BCUT2D eigenvalue weighted by atomic mass is 16.5. The predicted molar refractivity (Wildman–Crippen MR) is 82.5 cm³/mol.